The van der Waals surface area contributed by atoms with Crippen LogP contribution in [-0.4, -0.2) is 181 Å². The molecule has 14 rings (SSSR count). The first kappa shape index (κ1) is 86.2. The quantitative estimate of drug-likeness (QED) is 0.0871. The number of pyridine rings is 3. The molecule has 614 valence electrons. The molecule has 3 amide bonds. The zero-order valence-electron chi connectivity index (χ0n) is 68.9. The van der Waals surface area contributed by atoms with Gasteiger partial charge in [0.25, 0.3) is 0 Å². The van der Waals surface area contributed by atoms with Gasteiger partial charge >= 0.3 is 0 Å². The molecule has 3 aromatic carbocycles. The first-order chi connectivity index (χ1) is 56.0. The van der Waals surface area contributed by atoms with Crippen molar-refractivity contribution in [1.82, 2.24) is 64.3 Å². The van der Waals surface area contributed by atoms with E-state index in [0.717, 1.165) is 22.6 Å². The topological polar surface area (TPSA) is 208 Å². The van der Waals surface area contributed by atoms with Crippen LogP contribution in [-0.2, 0) is 14.4 Å². The second-order valence-corrected chi connectivity index (χ2v) is 32.6. The van der Waals surface area contributed by atoms with Crippen molar-refractivity contribution in [2.24, 2.45) is 15.0 Å². The Morgan fingerprint density at radius 3 is 1.06 bits per heavy atom. The molecule has 0 spiro atoms. The van der Waals surface area contributed by atoms with Crippen LogP contribution in [0.4, 0.5) is 42.0 Å². The fourth-order valence-electron chi connectivity index (χ4n) is 15.9. The summed E-state index contributed by atoms with van der Waals surface area (Å²) < 4.78 is 44.7. The zero-order chi connectivity index (χ0) is 85.6. The Bertz CT molecular complexity index is 5280. The molecule has 8 aromatic rings. The highest BCUT2D eigenvalue weighted by molar-refractivity contribution is 6.35. The molecule has 0 radical (unpaired) electrons. The van der Waals surface area contributed by atoms with E-state index in [1.165, 1.54) is 36.4 Å². The minimum absolute atomic E-state index is 0.00452. The van der Waals surface area contributed by atoms with E-state index < -0.39 is 11.6 Å². The van der Waals surface area contributed by atoms with Crippen molar-refractivity contribution in [3.05, 3.63) is 249 Å². The summed E-state index contributed by atoms with van der Waals surface area (Å²) in [6, 6.07) is 24.2. The van der Waals surface area contributed by atoms with E-state index in [-0.39, 0.29) is 99.2 Å². The van der Waals surface area contributed by atoms with Crippen LogP contribution in [0.1, 0.15) is 140 Å². The minimum Gasteiger partial charge on any atom is -0.349 e. The van der Waals surface area contributed by atoms with E-state index >= 15 is 8.78 Å². The third-order valence-electron chi connectivity index (χ3n) is 21.6. The number of amidine groups is 3. The van der Waals surface area contributed by atoms with E-state index in [1.807, 2.05) is 109 Å². The number of aromatic nitrogens is 7. The molecule has 6 aliphatic heterocycles. The molecule has 22 nitrogen and oxygen atoms in total. The summed E-state index contributed by atoms with van der Waals surface area (Å²) in [6.45, 7) is 56.9. The lowest BCUT2D eigenvalue weighted by molar-refractivity contribution is -0.131. The number of rotatable bonds is 11. The second kappa shape index (κ2) is 35.2. The molecule has 118 heavy (non-hydrogen) atoms. The predicted molar refractivity (Wildman–Crippen MR) is 467 cm³/mol. The van der Waals surface area contributed by atoms with Crippen molar-refractivity contribution in [1.29, 1.82) is 0 Å². The molecular weight excluding hydrogens is 1580 g/mol. The Morgan fingerprint density at radius 1 is 0.415 bits per heavy atom. The molecule has 3 fully saturated rings. The normalized spacial score (nSPS) is 19.2. The number of amides is 3. The summed E-state index contributed by atoms with van der Waals surface area (Å²) in [6.07, 6.45) is 4.03. The second-order valence-electron chi connectivity index (χ2n) is 31.0. The van der Waals surface area contributed by atoms with E-state index in [2.05, 4.69) is 89.9 Å². The van der Waals surface area contributed by atoms with Crippen LogP contribution in [0.5, 0.6) is 0 Å². The number of nitrogens with zero attached hydrogens (tertiary/aromatic N) is 19. The van der Waals surface area contributed by atoms with Gasteiger partial charge in [-0.2, -0.15) is 0 Å². The summed E-state index contributed by atoms with van der Waals surface area (Å²) in [5.74, 6) is 4.08. The lowest BCUT2D eigenvalue weighted by Gasteiger charge is -2.46. The highest BCUT2D eigenvalue weighted by Gasteiger charge is 2.43. The lowest BCUT2D eigenvalue weighted by Crippen LogP contribution is -2.60. The Morgan fingerprint density at radius 2 is 0.729 bits per heavy atom. The number of carbonyl (C=O) groups excluding carboxylic acids is 3. The van der Waals surface area contributed by atoms with Crippen molar-refractivity contribution >= 4 is 110 Å². The van der Waals surface area contributed by atoms with Crippen molar-refractivity contribution in [3.63, 3.8) is 0 Å². The number of fused-ring (bicyclic) bond motifs is 3. The van der Waals surface area contributed by atoms with Crippen molar-refractivity contribution in [3.8, 4) is 33.8 Å². The van der Waals surface area contributed by atoms with E-state index in [4.69, 9.17) is 81.3 Å². The van der Waals surface area contributed by atoms with Gasteiger partial charge < -0.3 is 34.3 Å². The summed E-state index contributed by atoms with van der Waals surface area (Å²) in [5.41, 5.74) is 8.22. The number of piperazine rings is 3. The van der Waals surface area contributed by atoms with Gasteiger partial charge in [0.1, 0.15) is 64.1 Å². The largest absolute Gasteiger partial charge is 0.349 e. The number of halogens is 7. The molecule has 6 aliphatic rings. The van der Waals surface area contributed by atoms with Crippen molar-refractivity contribution < 1.29 is 27.6 Å². The SMILES string of the molecule is C=CC(=O)N1CC(C)N(C2=NC(=C)N(C(C)C)c3nc(-c4ccccc4F)c(Cl)cc32)CC1C.C=CC(=O)N1CC(C)N(C2=NC(=C)N(c3c(C)nc(C)nc3C(C)C)c3nc(-c4ccccc4F)c(Cl)cc32)CC1C.C=CC(=O)N1CC(C)N(C2=NC(=C)N(c3c(C)nc(Cl)nc3C(C)C)c3nc(-c4ccccc4F)c(Cl)cc32)CC1C. The highest BCUT2D eigenvalue weighted by atomic mass is 35.5. The van der Waals surface area contributed by atoms with Gasteiger partial charge in [0.05, 0.1) is 83.0 Å². The van der Waals surface area contributed by atoms with Gasteiger partial charge in [0, 0.05) is 98.3 Å². The van der Waals surface area contributed by atoms with Gasteiger partial charge in [0.2, 0.25) is 23.0 Å². The summed E-state index contributed by atoms with van der Waals surface area (Å²) in [5, 5.41) is 1.04. The number of carbonyl (C=O) groups is 3. The monoisotopic (exact) mass is 1680 g/mol. The first-order valence-corrected chi connectivity index (χ1v) is 40.6. The standard InChI is InChI=1S/C32H35ClFN7O.C31H32Cl2FN7O.C26H29ClFN5O/c1-9-27(42)39-15-19(5)40(16-18(39)4)31-24-14-25(33)29(23-12-10-11-13-26(23)34)38-32(24)41(22(8)37-31)30-20(6)35-21(7)36-28(30)17(2)3;1-8-25(42)39-14-18(5)40(15-17(39)4)29-22-13-23(32)27(21-11-9-10-12-24(21)34)37-30(22)41(20(7)36-29)28-19(6)35-31(33)38-26(28)16(2)3;1-7-23(34)31-13-17(5)32(14-16(31)4)25-20-12-21(27)24(19-10-8-9-11-22(19)28)30-26(20)33(15(2)3)18(6)29-25/h9-14,17-19H,1,8,15-16H2,2-7H3;8-13,16-18H,1,7,14-15H2,2-6H3;7-12,15-17H,1,6,13-14H2,2-5H3. The molecule has 0 N–H and O–H groups in total. The number of hydrogen-bond donors (Lipinski definition) is 0. The highest BCUT2D eigenvalue weighted by Crippen LogP contribution is 2.48. The average Bonchev–Trinajstić information content (AvgIpc) is 0.730. The van der Waals surface area contributed by atoms with Gasteiger partial charge in [-0.15, -0.1) is 0 Å². The number of aliphatic imine (C=N–C) groups is 3. The Kier molecular flexibility index (Phi) is 25.7. The van der Waals surface area contributed by atoms with Crippen LogP contribution in [0.3, 0.4) is 0 Å². The maximum Gasteiger partial charge on any atom is 0.246 e. The maximum atomic E-state index is 15.0. The van der Waals surface area contributed by atoms with E-state index in [0.29, 0.717) is 158 Å². The summed E-state index contributed by atoms with van der Waals surface area (Å²) in [7, 11) is 0. The summed E-state index contributed by atoms with van der Waals surface area (Å²) in [4.78, 5) is 103. The molecule has 0 aliphatic carbocycles. The van der Waals surface area contributed by atoms with Crippen LogP contribution in [0.2, 0.25) is 20.4 Å². The fraction of sp³-hybridized carbons (Fsp3) is 0.337. The number of benzene rings is 3. The summed E-state index contributed by atoms with van der Waals surface area (Å²) >= 11 is 26.6. The molecule has 11 heterocycles. The molecule has 3 saturated heterocycles. The molecule has 0 bridgehead atoms. The third-order valence-corrected chi connectivity index (χ3v) is 22.6. The number of aryl methyl sites for hydroxylation is 3. The minimum atomic E-state index is -0.443. The smallest absolute Gasteiger partial charge is 0.246 e. The van der Waals surface area contributed by atoms with E-state index in [9.17, 15) is 18.8 Å². The van der Waals surface area contributed by atoms with Crippen molar-refractivity contribution in [2.75, 3.05) is 54.0 Å². The van der Waals surface area contributed by atoms with E-state index in [1.54, 1.807) is 76.5 Å². The molecule has 6 atom stereocenters. The van der Waals surface area contributed by atoms with Gasteiger partial charge in [-0.25, -0.2) is 63.0 Å². The maximum absolute atomic E-state index is 15.0. The van der Waals surface area contributed by atoms with Crippen molar-refractivity contribution in [2.45, 2.75) is 158 Å². The molecule has 0 saturated carbocycles. The van der Waals surface area contributed by atoms with Crippen LogP contribution < -0.4 is 14.7 Å². The van der Waals surface area contributed by atoms with Crippen LogP contribution >= 0.6 is 46.4 Å². The van der Waals surface area contributed by atoms with Gasteiger partial charge in [-0.3, -0.25) is 24.2 Å². The van der Waals surface area contributed by atoms with Crippen LogP contribution in [0.25, 0.3) is 33.8 Å². The Hall–Kier alpha value is -11.1. The molecule has 6 unspecified atom stereocenters. The number of hydrogen-bond acceptors (Lipinski definition) is 19. The number of anilines is 5. The first-order valence-electron chi connectivity index (χ1n) is 39.1. The molecular formula is C89H96Cl4F3N19O3. The van der Waals surface area contributed by atoms with Gasteiger partial charge in [-0.05, 0) is 172 Å². The van der Waals surface area contributed by atoms with Crippen LogP contribution in [0, 0.1) is 38.2 Å². The average molecular weight is 1680 g/mol. The van der Waals surface area contributed by atoms with Gasteiger partial charge in [-0.1, -0.05) is 138 Å². The Balaban J connectivity index is 0.000000164. The molecule has 29 heteroatoms. The lowest BCUT2D eigenvalue weighted by atomic mass is 10.0. The molecule has 5 aromatic heterocycles. The zero-order valence-corrected chi connectivity index (χ0v) is 72.0. The Labute approximate surface area is 707 Å². The van der Waals surface area contributed by atoms with Gasteiger partial charge in [0.15, 0.2) is 11.6 Å². The van der Waals surface area contributed by atoms with Crippen LogP contribution in [0.15, 0.2) is 181 Å². The third kappa shape index (κ3) is 16.8. The predicted octanol–water partition coefficient (Wildman–Crippen LogP) is 18.5. The fourth-order valence-corrected chi connectivity index (χ4v) is 16.9.